The first-order valence-electron chi connectivity index (χ1n) is 7.10. The summed E-state index contributed by atoms with van der Waals surface area (Å²) in [5.41, 5.74) is -2.64. The third kappa shape index (κ3) is 4.32. The lowest BCUT2D eigenvalue weighted by atomic mass is 9.96. The number of ether oxygens (including phenoxy) is 1. The van der Waals surface area contributed by atoms with Crippen molar-refractivity contribution >= 4 is 5.97 Å². The Morgan fingerprint density at radius 1 is 0.920 bits per heavy atom. The van der Waals surface area contributed by atoms with E-state index in [1.165, 1.54) is 0 Å². The standard InChI is InChI=1S/C17H12F6O2/c1-2-25-15(24)11-5-8-14(17(21,22)23)13(9-11)10-3-6-12(7-4-10)16(18,19)20/h3-9H,2H2,1H3. The molecule has 0 heterocycles. The highest BCUT2D eigenvalue weighted by Crippen LogP contribution is 2.38. The fourth-order valence-corrected chi connectivity index (χ4v) is 2.21. The molecule has 0 atom stereocenters. The van der Waals surface area contributed by atoms with Crippen molar-refractivity contribution in [2.75, 3.05) is 6.61 Å². The summed E-state index contributed by atoms with van der Waals surface area (Å²) in [5, 5.41) is 0. The maximum absolute atomic E-state index is 13.2. The minimum Gasteiger partial charge on any atom is -0.462 e. The Morgan fingerprint density at radius 2 is 1.52 bits per heavy atom. The van der Waals surface area contributed by atoms with Crippen molar-refractivity contribution in [3.63, 3.8) is 0 Å². The van der Waals surface area contributed by atoms with E-state index in [0.717, 1.165) is 24.3 Å². The number of carbonyl (C=O) groups is 1. The van der Waals surface area contributed by atoms with Crippen LogP contribution in [0.25, 0.3) is 11.1 Å². The molecule has 0 aliphatic rings. The average Bonchev–Trinajstić information content (AvgIpc) is 2.53. The first-order chi connectivity index (χ1) is 11.5. The Morgan fingerprint density at radius 3 is 2.00 bits per heavy atom. The van der Waals surface area contributed by atoms with Gasteiger partial charge in [-0.2, -0.15) is 26.3 Å². The van der Waals surface area contributed by atoms with Gasteiger partial charge in [0.2, 0.25) is 0 Å². The molecule has 2 aromatic carbocycles. The van der Waals surface area contributed by atoms with Gasteiger partial charge in [0.25, 0.3) is 0 Å². The second-order valence-corrected chi connectivity index (χ2v) is 5.05. The smallest absolute Gasteiger partial charge is 0.417 e. The number of hydrogen-bond donors (Lipinski definition) is 0. The molecule has 0 N–H and O–H groups in total. The van der Waals surface area contributed by atoms with E-state index in [2.05, 4.69) is 0 Å². The number of halogens is 6. The van der Waals surface area contributed by atoms with Crippen molar-refractivity contribution in [3.8, 4) is 11.1 Å². The number of hydrogen-bond acceptors (Lipinski definition) is 2. The maximum atomic E-state index is 13.2. The number of alkyl halides is 6. The minimum absolute atomic E-state index is 0.0372. The summed E-state index contributed by atoms with van der Waals surface area (Å²) < 4.78 is 82.1. The summed E-state index contributed by atoms with van der Waals surface area (Å²) in [6.45, 7) is 1.58. The minimum atomic E-state index is -4.73. The van der Waals surface area contributed by atoms with E-state index in [0.29, 0.717) is 18.2 Å². The van der Waals surface area contributed by atoms with Crippen LogP contribution in [0.3, 0.4) is 0 Å². The largest absolute Gasteiger partial charge is 0.462 e. The van der Waals surface area contributed by atoms with E-state index in [9.17, 15) is 31.1 Å². The van der Waals surface area contributed by atoms with Crippen LogP contribution in [0.4, 0.5) is 26.3 Å². The van der Waals surface area contributed by atoms with Crippen LogP contribution in [-0.4, -0.2) is 12.6 Å². The molecule has 2 nitrogen and oxygen atoms in total. The van der Waals surface area contributed by atoms with Crippen LogP contribution in [0.2, 0.25) is 0 Å². The third-order valence-corrected chi connectivity index (χ3v) is 3.36. The average molecular weight is 362 g/mol. The van der Waals surface area contributed by atoms with Crippen LogP contribution in [0.5, 0.6) is 0 Å². The van der Waals surface area contributed by atoms with E-state index < -0.39 is 35.0 Å². The third-order valence-electron chi connectivity index (χ3n) is 3.36. The van der Waals surface area contributed by atoms with Gasteiger partial charge in [-0.15, -0.1) is 0 Å². The van der Waals surface area contributed by atoms with Crippen LogP contribution in [0.1, 0.15) is 28.4 Å². The highest BCUT2D eigenvalue weighted by Gasteiger charge is 2.35. The molecule has 0 spiro atoms. The Labute approximate surface area is 139 Å². The van der Waals surface area contributed by atoms with Crippen LogP contribution >= 0.6 is 0 Å². The number of esters is 1. The van der Waals surface area contributed by atoms with Gasteiger partial charge in [-0.3, -0.25) is 0 Å². The van der Waals surface area contributed by atoms with Crippen molar-refractivity contribution in [3.05, 3.63) is 59.2 Å². The van der Waals surface area contributed by atoms with Gasteiger partial charge in [0.1, 0.15) is 0 Å². The quantitative estimate of drug-likeness (QED) is 0.527. The molecule has 0 aromatic heterocycles. The molecule has 0 saturated heterocycles. The predicted molar refractivity (Wildman–Crippen MR) is 77.8 cm³/mol. The van der Waals surface area contributed by atoms with Crippen LogP contribution in [-0.2, 0) is 17.1 Å². The van der Waals surface area contributed by atoms with E-state index in [-0.39, 0.29) is 17.7 Å². The molecule has 0 aliphatic heterocycles. The SMILES string of the molecule is CCOC(=O)c1ccc(C(F)(F)F)c(-c2ccc(C(F)(F)F)cc2)c1. The normalized spacial score (nSPS) is 12.1. The van der Waals surface area contributed by atoms with Crippen molar-refractivity contribution in [2.24, 2.45) is 0 Å². The molecule has 0 bridgehead atoms. The van der Waals surface area contributed by atoms with Crippen LogP contribution in [0, 0.1) is 0 Å². The number of carbonyl (C=O) groups excluding carboxylic acids is 1. The van der Waals surface area contributed by atoms with Gasteiger partial charge in [-0.1, -0.05) is 12.1 Å². The molecule has 0 amide bonds. The second kappa shape index (κ2) is 6.78. The summed E-state index contributed by atoms with van der Waals surface area (Å²) in [4.78, 5) is 11.7. The zero-order valence-electron chi connectivity index (χ0n) is 12.8. The summed E-state index contributed by atoms with van der Waals surface area (Å²) in [7, 11) is 0. The van der Waals surface area contributed by atoms with Crippen molar-refractivity contribution in [2.45, 2.75) is 19.3 Å². The Kier molecular flexibility index (Phi) is 5.10. The number of benzene rings is 2. The second-order valence-electron chi connectivity index (χ2n) is 5.05. The molecule has 0 unspecified atom stereocenters. The number of rotatable bonds is 3. The maximum Gasteiger partial charge on any atom is 0.417 e. The highest BCUT2D eigenvalue weighted by atomic mass is 19.4. The van der Waals surface area contributed by atoms with Crippen molar-refractivity contribution in [1.82, 2.24) is 0 Å². The lowest BCUT2D eigenvalue weighted by Gasteiger charge is -2.15. The molecule has 0 fully saturated rings. The van der Waals surface area contributed by atoms with Gasteiger partial charge in [-0.05, 0) is 48.4 Å². The Bertz CT molecular complexity index is 760. The van der Waals surface area contributed by atoms with E-state index in [1.807, 2.05) is 0 Å². The molecule has 0 saturated carbocycles. The Balaban J connectivity index is 2.56. The summed E-state index contributed by atoms with van der Waals surface area (Å²) >= 11 is 0. The molecule has 2 rings (SSSR count). The van der Waals surface area contributed by atoms with Gasteiger partial charge in [0, 0.05) is 0 Å². The van der Waals surface area contributed by atoms with Crippen molar-refractivity contribution in [1.29, 1.82) is 0 Å². The molecular weight excluding hydrogens is 350 g/mol. The zero-order chi connectivity index (χ0) is 18.8. The lowest BCUT2D eigenvalue weighted by molar-refractivity contribution is -0.138. The van der Waals surface area contributed by atoms with E-state index >= 15 is 0 Å². The molecule has 0 radical (unpaired) electrons. The molecular formula is C17H12F6O2. The zero-order valence-corrected chi connectivity index (χ0v) is 12.8. The first-order valence-corrected chi connectivity index (χ1v) is 7.10. The molecule has 134 valence electrons. The highest BCUT2D eigenvalue weighted by molar-refractivity contribution is 5.91. The van der Waals surface area contributed by atoms with E-state index in [1.54, 1.807) is 6.92 Å². The lowest BCUT2D eigenvalue weighted by Crippen LogP contribution is -2.10. The molecule has 8 heteroatoms. The van der Waals surface area contributed by atoms with Gasteiger partial charge >= 0.3 is 18.3 Å². The van der Waals surface area contributed by atoms with E-state index in [4.69, 9.17) is 4.74 Å². The topological polar surface area (TPSA) is 26.3 Å². The molecule has 2 aromatic rings. The van der Waals surface area contributed by atoms with Gasteiger partial charge < -0.3 is 4.74 Å². The van der Waals surface area contributed by atoms with Gasteiger partial charge in [-0.25, -0.2) is 4.79 Å². The Hall–Kier alpha value is -2.51. The fourth-order valence-electron chi connectivity index (χ4n) is 2.21. The predicted octanol–water partition coefficient (Wildman–Crippen LogP) is 5.57. The van der Waals surface area contributed by atoms with Gasteiger partial charge in [0.05, 0.1) is 23.3 Å². The van der Waals surface area contributed by atoms with Crippen LogP contribution in [0.15, 0.2) is 42.5 Å². The fraction of sp³-hybridized carbons (Fsp3) is 0.235. The summed E-state index contributed by atoms with van der Waals surface area (Å²) in [6, 6.07) is 5.88. The molecule has 0 aliphatic carbocycles. The monoisotopic (exact) mass is 362 g/mol. The molecule has 25 heavy (non-hydrogen) atoms. The van der Waals surface area contributed by atoms with Gasteiger partial charge in [0.15, 0.2) is 0 Å². The summed E-state index contributed by atoms with van der Waals surface area (Å²) in [6.07, 6.45) is -9.33. The summed E-state index contributed by atoms with van der Waals surface area (Å²) in [5.74, 6) is -0.815. The van der Waals surface area contributed by atoms with Crippen LogP contribution < -0.4 is 0 Å². The first kappa shape index (κ1) is 18.8. The van der Waals surface area contributed by atoms with Crippen molar-refractivity contribution < 1.29 is 35.9 Å².